The largest absolute Gasteiger partial charge is 0.452 e. The van der Waals surface area contributed by atoms with E-state index < -0.39 is 24.5 Å². The molecule has 0 bridgehead atoms. The number of carbonyl (C=O) groups excluding carboxylic acids is 3. The first kappa shape index (κ1) is 20.7. The Morgan fingerprint density at radius 3 is 2.67 bits per heavy atom. The fourth-order valence-corrected chi connectivity index (χ4v) is 3.24. The third-order valence-electron chi connectivity index (χ3n) is 4.26. The van der Waals surface area contributed by atoms with Gasteiger partial charge in [0.25, 0.3) is 5.91 Å². The molecule has 0 aromatic carbocycles. The van der Waals surface area contributed by atoms with Gasteiger partial charge in [0.05, 0.1) is 12.1 Å². The lowest BCUT2D eigenvalue weighted by Gasteiger charge is -2.12. The molecule has 0 saturated heterocycles. The van der Waals surface area contributed by atoms with Crippen LogP contribution in [0.5, 0.6) is 0 Å². The second-order valence-electron chi connectivity index (χ2n) is 6.36. The molecule has 0 spiro atoms. The van der Waals surface area contributed by atoms with Crippen molar-refractivity contribution in [3.8, 4) is 0 Å². The summed E-state index contributed by atoms with van der Waals surface area (Å²) in [5.74, 6) is -1.26. The molecule has 27 heavy (non-hydrogen) atoms. The Morgan fingerprint density at radius 1 is 1.30 bits per heavy atom. The summed E-state index contributed by atoms with van der Waals surface area (Å²) < 4.78 is 7.09. The Balaban J connectivity index is 1.92. The molecular formula is C19H25N3O4S. The van der Waals surface area contributed by atoms with Crippen LogP contribution in [0.3, 0.4) is 0 Å². The molecule has 2 N–H and O–H groups in total. The zero-order chi connectivity index (χ0) is 20.0. The minimum Gasteiger partial charge on any atom is -0.452 e. The van der Waals surface area contributed by atoms with Crippen LogP contribution in [0.1, 0.15) is 46.9 Å². The number of aryl methyl sites for hydroxylation is 1. The van der Waals surface area contributed by atoms with Crippen molar-refractivity contribution in [3.63, 3.8) is 0 Å². The van der Waals surface area contributed by atoms with Crippen molar-refractivity contribution >= 4 is 29.2 Å². The molecule has 8 heteroatoms. The summed E-state index contributed by atoms with van der Waals surface area (Å²) in [6.45, 7) is 7.68. The molecule has 2 aromatic rings. The van der Waals surface area contributed by atoms with Gasteiger partial charge in [0.1, 0.15) is 0 Å². The lowest BCUT2D eigenvalue weighted by atomic mass is 10.2. The molecular weight excluding hydrogens is 366 g/mol. The van der Waals surface area contributed by atoms with E-state index in [1.54, 1.807) is 17.4 Å². The minimum atomic E-state index is -0.670. The van der Waals surface area contributed by atoms with Gasteiger partial charge in [0, 0.05) is 22.3 Å². The lowest BCUT2D eigenvalue weighted by Crippen LogP contribution is -2.44. The molecule has 0 aliphatic rings. The highest BCUT2D eigenvalue weighted by Crippen LogP contribution is 2.20. The number of carbonyl (C=O) groups is 3. The number of urea groups is 1. The second kappa shape index (κ2) is 9.36. The number of aromatic nitrogens is 1. The Hall–Kier alpha value is -2.61. The Bertz CT molecular complexity index is 811. The molecule has 0 aliphatic carbocycles. The highest BCUT2D eigenvalue weighted by atomic mass is 32.1. The zero-order valence-electron chi connectivity index (χ0n) is 16.0. The van der Waals surface area contributed by atoms with Crippen LogP contribution in [0.15, 0.2) is 23.6 Å². The normalized spacial score (nSPS) is 11.7. The Morgan fingerprint density at radius 2 is 2.04 bits per heavy atom. The lowest BCUT2D eigenvalue weighted by molar-refractivity contribution is -0.123. The summed E-state index contributed by atoms with van der Waals surface area (Å²) in [6, 6.07) is 5.13. The van der Waals surface area contributed by atoms with Gasteiger partial charge in [-0.05, 0) is 44.7 Å². The first-order valence-electron chi connectivity index (χ1n) is 8.78. The van der Waals surface area contributed by atoms with E-state index in [4.69, 9.17) is 4.74 Å². The van der Waals surface area contributed by atoms with Gasteiger partial charge in [-0.1, -0.05) is 13.0 Å². The zero-order valence-corrected chi connectivity index (χ0v) is 16.8. The molecule has 1 atom stereocenters. The summed E-state index contributed by atoms with van der Waals surface area (Å²) >= 11 is 1.65. The molecule has 7 nitrogen and oxygen atoms in total. The predicted octanol–water partition coefficient (Wildman–Crippen LogP) is 3.00. The summed E-state index contributed by atoms with van der Waals surface area (Å²) in [5, 5.41) is 6.76. The first-order valence-corrected chi connectivity index (χ1v) is 9.66. The predicted molar refractivity (Wildman–Crippen MR) is 104 cm³/mol. The molecule has 0 unspecified atom stereocenters. The van der Waals surface area contributed by atoms with Gasteiger partial charge >= 0.3 is 12.0 Å². The summed E-state index contributed by atoms with van der Waals surface area (Å²) in [6.07, 6.45) is 0.748. The number of nitrogens with one attached hydrogen (secondary N) is 2. The van der Waals surface area contributed by atoms with Crippen LogP contribution in [-0.2, 0) is 16.1 Å². The average Bonchev–Trinajstić information content (AvgIpc) is 3.23. The monoisotopic (exact) mass is 391 g/mol. The van der Waals surface area contributed by atoms with E-state index in [0.29, 0.717) is 12.1 Å². The van der Waals surface area contributed by atoms with Gasteiger partial charge in [-0.15, -0.1) is 11.3 Å². The molecule has 0 fully saturated rings. The number of thiophene rings is 1. The highest BCUT2D eigenvalue weighted by molar-refractivity contribution is 7.09. The van der Waals surface area contributed by atoms with Crippen LogP contribution in [0, 0.1) is 13.8 Å². The Labute approximate surface area is 162 Å². The van der Waals surface area contributed by atoms with E-state index in [2.05, 4.69) is 10.6 Å². The SMILES string of the molecule is CC[C@H](C)NC(=O)NC(=O)COC(=O)c1cc(C)n(Cc2cccs2)c1C. The molecule has 0 radical (unpaired) electrons. The average molecular weight is 391 g/mol. The van der Waals surface area contributed by atoms with Gasteiger partial charge in [0.2, 0.25) is 0 Å². The van der Waals surface area contributed by atoms with Gasteiger partial charge in [-0.2, -0.15) is 0 Å². The first-order chi connectivity index (χ1) is 12.8. The molecule has 0 saturated carbocycles. The highest BCUT2D eigenvalue weighted by Gasteiger charge is 2.19. The molecule has 0 aliphatic heterocycles. The summed E-state index contributed by atoms with van der Waals surface area (Å²) in [5.41, 5.74) is 2.13. The van der Waals surface area contributed by atoms with Crippen molar-refractivity contribution in [3.05, 3.63) is 45.4 Å². The number of esters is 1. The van der Waals surface area contributed by atoms with E-state index in [1.165, 1.54) is 4.88 Å². The smallest absolute Gasteiger partial charge is 0.340 e. The summed E-state index contributed by atoms with van der Waals surface area (Å²) in [7, 11) is 0. The maximum absolute atomic E-state index is 12.3. The van der Waals surface area contributed by atoms with Gasteiger partial charge < -0.3 is 14.6 Å². The molecule has 2 aromatic heterocycles. The van der Waals surface area contributed by atoms with Gasteiger partial charge in [-0.25, -0.2) is 9.59 Å². The van der Waals surface area contributed by atoms with Crippen molar-refractivity contribution in [1.29, 1.82) is 0 Å². The maximum atomic E-state index is 12.3. The van der Waals surface area contributed by atoms with Crippen molar-refractivity contribution in [2.45, 2.75) is 46.7 Å². The number of imide groups is 1. The van der Waals surface area contributed by atoms with E-state index in [0.717, 1.165) is 17.8 Å². The van der Waals surface area contributed by atoms with Crippen LogP contribution in [0.4, 0.5) is 4.79 Å². The minimum absolute atomic E-state index is 0.0471. The van der Waals surface area contributed by atoms with Gasteiger partial charge in [0.15, 0.2) is 6.61 Å². The number of rotatable bonds is 7. The standard InChI is InChI=1S/C19H25N3O4S/c1-5-12(2)20-19(25)21-17(23)11-26-18(24)16-9-13(3)22(14(16)4)10-15-7-6-8-27-15/h6-9,12H,5,10-11H2,1-4H3,(H2,20,21,23,25)/t12-/m0/s1. The van der Waals surface area contributed by atoms with Crippen molar-refractivity contribution in [2.24, 2.45) is 0 Å². The third kappa shape index (κ3) is 5.68. The fraction of sp³-hybridized carbons (Fsp3) is 0.421. The molecule has 2 heterocycles. The number of hydrogen-bond donors (Lipinski definition) is 2. The number of amides is 3. The number of hydrogen-bond acceptors (Lipinski definition) is 5. The second-order valence-corrected chi connectivity index (χ2v) is 7.39. The van der Waals surface area contributed by atoms with Crippen LogP contribution in [-0.4, -0.2) is 35.1 Å². The Kier molecular flexibility index (Phi) is 7.18. The van der Waals surface area contributed by atoms with Crippen LogP contribution in [0.2, 0.25) is 0 Å². The van der Waals surface area contributed by atoms with Crippen LogP contribution in [0.25, 0.3) is 0 Å². The van der Waals surface area contributed by atoms with E-state index >= 15 is 0 Å². The molecule has 146 valence electrons. The molecule has 3 amide bonds. The summed E-state index contributed by atoms with van der Waals surface area (Å²) in [4.78, 5) is 36.9. The van der Waals surface area contributed by atoms with Crippen LogP contribution < -0.4 is 10.6 Å². The third-order valence-corrected chi connectivity index (χ3v) is 5.13. The number of nitrogens with zero attached hydrogens (tertiary/aromatic N) is 1. The van der Waals surface area contributed by atoms with E-state index in [-0.39, 0.29) is 6.04 Å². The molecule has 2 rings (SSSR count). The number of ether oxygens (including phenoxy) is 1. The van der Waals surface area contributed by atoms with Crippen molar-refractivity contribution in [1.82, 2.24) is 15.2 Å². The fourth-order valence-electron chi connectivity index (χ4n) is 2.54. The van der Waals surface area contributed by atoms with Crippen LogP contribution >= 0.6 is 11.3 Å². The van der Waals surface area contributed by atoms with E-state index in [1.807, 2.05) is 49.8 Å². The maximum Gasteiger partial charge on any atom is 0.340 e. The topological polar surface area (TPSA) is 89.4 Å². The van der Waals surface area contributed by atoms with Crippen molar-refractivity contribution < 1.29 is 19.1 Å². The van der Waals surface area contributed by atoms with Gasteiger partial charge in [-0.3, -0.25) is 10.1 Å². The van der Waals surface area contributed by atoms with E-state index in [9.17, 15) is 14.4 Å². The van der Waals surface area contributed by atoms with Crippen molar-refractivity contribution in [2.75, 3.05) is 6.61 Å². The quantitative estimate of drug-likeness (QED) is 0.710.